The fourth-order valence-corrected chi connectivity index (χ4v) is 28.5. The van der Waals surface area contributed by atoms with Crippen LogP contribution >= 0.6 is 0 Å². The van der Waals surface area contributed by atoms with Crippen molar-refractivity contribution in [3.8, 4) is 0 Å². The maximum Gasteiger partial charge on any atom is 0.469 e. The number of hydrogen-bond donors (Lipinski definition) is 2. The number of aliphatic hydroxyl groups excluding tert-OH is 1. The SMILES string of the molecule is CCC1C(=O)OC(=O)C1CCC1C(CCC2C3CC(C(=O)OC(C)(C)C)C(C3)C2CCC(C)(CC)C(=O)OCCC[Si](O[Si](C)(C)C)(O[Si](C)(C)C)O[Si](C)(C)C)C2CC1C(C(=O)OCCCO)C2C(=O)O. The molecule has 14 unspecified atom stereocenters. The fraction of sp³-hybridized carbons (Fsp3) is 0.887. The molecule has 1 heterocycles. The first-order valence-corrected chi connectivity index (χ1v) is 39.7. The predicted molar refractivity (Wildman–Crippen MR) is 282 cm³/mol. The summed E-state index contributed by atoms with van der Waals surface area (Å²) in [5, 5.41) is 20.1. The normalized spacial score (nSPS) is 31.4. The Labute approximate surface area is 435 Å². The Balaban J connectivity index is 1.36. The third kappa shape index (κ3) is 15.2. The number of ether oxygens (including phenoxy) is 4. The molecule has 72 heavy (non-hydrogen) atoms. The summed E-state index contributed by atoms with van der Waals surface area (Å²) in [7, 11) is -9.35. The van der Waals surface area contributed by atoms with Gasteiger partial charge in [-0.25, -0.2) is 0 Å². The molecule has 14 atom stereocenters. The highest BCUT2D eigenvalue weighted by Crippen LogP contribution is 2.64. The molecule has 0 aromatic carbocycles. The van der Waals surface area contributed by atoms with Gasteiger partial charge in [-0.15, -0.1) is 0 Å². The van der Waals surface area contributed by atoms with Gasteiger partial charge in [-0.1, -0.05) is 13.8 Å². The van der Waals surface area contributed by atoms with Gasteiger partial charge in [0, 0.05) is 19.1 Å². The Morgan fingerprint density at radius 2 is 1.17 bits per heavy atom. The van der Waals surface area contributed by atoms with Gasteiger partial charge in [0.1, 0.15) is 5.60 Å². The molecule has 0 spiro atoms. The standard InChI is InChI=1S/C53H94O15Si4/c1-16-34-39(48(58)64-47(34)57)23-22-37-36(41-32-42(37)45(44(41)46(55)56)50(60)62-27-18-26-54)21-20-35-33-30-40(43(31-33)49(59)65-52(3,4)5)38(35)24-25-53(6,17-2)51(61)63-28-19-29-72(66-69(7,8)9,67-70(10,11)12)68-71(13,14)15/h33-45,54H,16-32H2,1-15H3,(H,55,56). The van der Waals surface area contributed by atoms with E-state index in [1.807, 2.05) is 41.5 Å². The molecule has 4 aliphatic carbocycles. The van der Waals surface area contributed by atoms with Crippen LogP contribution in [0.25, 0.3) is 0 Å². The number of aliphatic carboxylic acids is 1. The van der Waals surface area contributed by atoms with Crippen molar-refractivity contribution in [2.24, 2.45) is 82.3 Å². The van der Waals surface area contributed by atoms with E-state index in [4.69, 9.17) is 31.3 Å². The molecule has 0 amide bonds. The van der Waals surface area contributed by atoms with Crippen molar-refractivity contribution >= 4 is 69.6 Å². The summed E-state index contributed by atoms with van der Waals surface area (Å²) in [4.78, 5) is 80.5. The van der Waals surface area contributed by atoms with Gasteiger partial charge in [0.2, 0.25) is 0 Å². The van der Waals surface area contributed by atoms with Crippen molar-refractivity contribution in [3.05, 3.63) is 0 Å². The van der Waals surface area contributed by atoms with E-state index in [9.17, 15) is 39.0 Å². The second-order valence-electron chi connectivity index (χ2n) is 26.4. The molecule has 0 radical (unpaired) electrons. The lowest BCUT2D eigenvalue weighted by atomic mass is 9.63. The molecule has 19 heteroatoms. The van der Waals surface area contributed by atoms with Gasteiger partial charge in [-0.05, 0) is 211 Å². The van der Waals surface area contributed by atoms with Crippen LogP contribution < -0.4 is 0 Å². The second-order valence-corrected chi connectivity index (χ2v) is 43.4. The minimum atomic E-state index is -3.11. The van der Waals surface area contributed by atoms with Gasteiger partial charge in [-0.3, -0.25) is 28.8 Å². The number of esters is 5. The lowest BCUT2D eigenvalue weighted by Crippen LogP contribution is -2.60. The van der Waals surface area contributed by atoms with Crippen LogP contribution in [0.2, 0.25) is 65.0 Å². The van der Waals surface area contributed by atoms with Crippen LogP contribution in [-0.2, 0) is 60.1 Å². The van der Waals surface area contributed by atoms with E-state index in [1.54, 1.807) is 0 Å². The van der Waals surface area contributed by atoms with Crippen LogP contribution in [-0.4, -0.2) is 105 Å². The minimum Gasteiger partial charge on any atom is -0.481 e. The molecular formula is C53H94O15Si4. The smallest absolute Gasteiger partial charge is 0.469 e. The molecule has 412 valence electrons. The number of carboxylic acid groups (broad SMARTS) is 1. The Morgan fingerprint density at radius 3 is 1.69 bits per heavy atom. The maximum absolute atomic E-state index is 14.3. The van der Waals surface area contributed by atoms with Crippen molar-refractivity contribution in [3.63, 3.8) is 0 Å². The monoisotopic (exact) mass is 1080 g/mol. The number of fused-ring (bicyclic) bond motifs is 4. The van der Waals surface area contributed by atoms with Crippen LogP contribution in [0.3, 0.4) is 0 Å². The van der Waals surface area contributed by atoms with E-state index < -0.39 is 92.3 Å². The lowest BCUT2D eigenvalue weighted by Gasteiger charge is -2.43. The minimum absolute atomic E-state index is 0.00134. The zero-order valence-corrected chi connectivity index (χ0v) is 50.7. The third-order valence-electron chi connectivity index (χ3n) is 16.6. The van der Waals surface area contributed by atoms with E-state index >= 15 is 0 Å². The zero-order valence-electron chi connectivity index (χ0n) is 46.7. The molecule has 15 nitrogen and oxygen atoms in total. The van der Waals surface area contributed by atoms with Crippen LogP contribution in [0, 0.1) is 82.3 Å². The van der Waals surface area contributed by atoms with Crippen molar-refractivity contribution in [2.45, 2.75) is 196 Å². The summed E-state index contributed by atoms with van der Waals surface area (Å²) < 4.78 is 43.5. The van der Waals surface area contributed by atoms with Crippen LogP contribution in [0.5, 0.6) is 0 Å². The largest absolute Gasteiger partial charge is 0.481 e. The number of hydrogen-bond acceptors (Lipinski definition) is 14. The summed E-state index contributed by atoms with van der Waals surface area (Å²) in [5.41, 5.74) is -1.41. The van der Waals surface area contributed by atoms with Crippen LogP contribution in [0.15, 0.2) is 0 Å². The Bertz CT molecular complexity index is 1880. The first-order valence-electron chi connectivity index (χ1n) is 27.5. The van der Waals surface area contributed by atoms with Crippen molar-refractivity contribution in [2.75, 3.05) is 19.8 Å². The van der Waals surface area contributed by atoms with Crippen molar-refractivity contribution < 1.29 is 70.3 Å². The lowest BCUT2D eigenvalue weighted by molar-refractivity contribution is -0.164. The van der Waals surface area contributed by atoms with Gasteiger partial charge >= 0.3 is 44.6 Å². The number of rotatable bonds is 28. The molecule has 5 rings (SSSR count). The molecule has 1 aliphatic heterocycles. The van der Waals surface area contributed by atoms with Crippen molar-refractivity contribution in [1.29, 1.82) is 0 Å². The number of cyclic esters (lactones) is 2. The molecule has 0 aromatic rings. The highest BCUT2D eigenvalue weighted by Gasteiger charge is 2.64. The highest BCUT2D eigenvalue weighted by molar-refractivity contribution is 6.90. The molecule has 1 saturated heterocycles. The average Bonchev–Trinajstić information content (AvgIpc) is 4.05. The Hall–Kier alpha value is -2.27. The van der Waals surface area contributed by atoms with Gasteiger partial charge < -0.3 is 41.5 Å². The van der Waals surface area contributed by atoms with Crippen LogP contribution in [0.1, 0.15) is 125 Å². The zero-order chi connectivity index (χ0) is 53.9. The third-order valence-corrected chi connectivity index (χ3v) is 28.6. The molecule has 2 N–H and O–H groups in total. The van der Waals surface area contributed by atoms with Crippen LogP contribution in [0.4, 0.5) is 0 Å². The summed E-state index contributed by atoms with van der Waals surface area (Å²) in [6, 6.07) is 0.568. The highest BCUT2D eigenvalue weighted by atomic mass is 28.5. The summed E-state index contributed by atoms with van der Waals surface area (Å²) in [6.45, 7) is 31.1. The van der Waals surface area contributed by atoms with E-state index in [0.717, 1.165) is 25.7 Å². The first-order chi connectivity index (χ1) is 33.3. The number of carbonyl (C=O) groups excluding carboxylic acids is 5. The first kappa shape index (κ1) is 60.6. The van der Waals surface area contributed by atoms with E-state index in [2.05, 4.69) is 58.9 Å². The molecule has 5 fully saturated rings. The van der Waals surface area contributed by atoms with Crippen molar-refractivity contribution in [1.82, 2.24) is 0 Å². The van der Waals surface area contributed by atoms with E-state index in [-0.39, 0.29) is 91.4 Å². The summed E-state index contributed by atoms with van der Waals surface area (Å²) >= 11 is 0. The molecular weight excluding hydrogens is 989 g/mol. The Kier molecular flexibility index (Phi) is 20.2. The molecule has 5 aliphatic rings. The predicted octanol–water partition coefficient (Wildman–Crippen LogP) is 10.3. The second kappa shape index (κ2) is 24.0. The van der Waals surface area contributed by atoms with E-state index in [1.165, 1.54) is 0 Å². The number of aliphatic hydroxyl groups is 1. The Morgan fingerprint density at radius 1 is 0.639 bits per heavy atom. The molecule has 4 bridgehead atoms. The maximum atomic E-state index is 14.3. The number of carbonyl (C=O) groups is 6. The average molecular weight is 1080 g/mol. The topological polar surface area (TPSA) is 207 Å². The number of carboxylic acids is 1. The van der Waals surface area contributed by atoms with Gasteiger partial charge in [-0.2, -0.15) is 0 Å². The summed E-state index contributed by atoms with van der Waals surface area (Å²) in [5.74, 6) is -6.13. The molecule has 0 aromatic heterocycles. The molecule has 4 saturated carbocycles. The summed E-state index contributed by atoms with van der Waals surface area (Å²) in [6.07, 6.45) is 7.79. The van der Waals surface area contributed by atoms with Gasteiger partial charge in [0.25, 0.3) is 0 Å². The fourth-order valence-electron chi connectivity index (χ4n) is 13.9. The van der Waals surface area contributed by atoms with E-state index in [0.29, 0.717) is 57.4 Å². The quantitative estimate of drug-likeness (QED) is 0.0246. The van der Waals surface area contributed by atoms with Gasteiger partial charge in [0.05, 0.1) is 48.2 Å². The van der Waals surface area contributed by atoms with Gasteiger partial charge in [0.15, 0.2) is 25.0 Å².